The van der Waals surface area contributed by atoms with Crippen molar-refractivity contribution in [2.75, 3.05) is 19.8 Å². The Kier molecular flexibility index (Phi) is 11.5. The summed E-state index contributed by atoms with van der Waals surface area (Å²) in [4.78, 5) is 14.2. The average Bonchev–Trinajstić information content (AvgIpc) is 3.33. The van der Waals surface area contributed by atoms with Gasteiger partial charge in [-0.25, -0.2) is 4.79 Å². The first-order valence-corrected chi connectivity index (χ1v) is 13.8. The normalized spacial score (nSPS) is 16.1. The minimum atomic E-state index is -0.448. The molecule has 4 nitrogen and oxygen atoms in total. The van der Waals surface area contributed by atoms with Gasteiger partial charge in [0.2, 0.25) is 0 Å². The Labute approximate surface area is 218 Å². The maximum atomic E-state index is 12.4. The van der Waals surface area contributed by atoms with Crippen molar-refractivity contribution in [3.63, 3.8) is 0 Å². The van der Waals surface area contributed by atoms with E-state index in [-0.39, 0.29) is 12.1 Å². The number of amides is 1. The van der Waals surface area contributed by atoms with E-state index in [4.69, 9.17) is 9.47 Å². The van der Waals surface area contributed by atoms with Gasteiger partial charge in [-0.15, -0.1) is 0 Å². The Balaban J connectivity index is 1.17. The summed E-state index contributed by atoms with van der Waals surface area (Å²) in [6.07, 6.45) is 14.9. The number of rotatable bonds is 13. The van der Waals surface area contributed by atoms with Crippen molar-refractivity contribution in [3.05, 3.63) is 66.2 Å². The van der Waals surface area contributed by atoms with Crippen molar-refractivity contribution in [1.29, 1.82) is 0 Å². The second-order valence-corrected chi connectivity index (χ2v) is 10.8. The van der Waals surface area contributed by atoms with Gasteiger partial charge in [0.05, 0.1) is 12.6 Å². The van der Waals surface area contributed by atoms with E-state index in [1.54, 1.807) is 0 Å². The van der Waals surface area contributed by atoms with Crippen LogP contribution in [0.25, 0.3) is 17.2 Å². The number of ether oxygens (including phenoxy) is 2. The second kappa shape index (κ2) is 14.8. The Morgan fingerprint density at radius 2 is 1.58 bits per heavy atom. The third-order valence-corrected chi connectivity index (χ3v) is 6.55. The number of benzene rings is 2. The monoisotopic (exact) mass is 491 g/mol. The molecule has 4 heteroatoms. The van der Waals surface area contributed by atoms with Crippen LogP contribution in [0, 0.1) is 0 Å². The quantitative estimate of drug-likeness (QED) is 0.264. The van der Waals surface area contributed by atoms with Crippen molar-refractivity contribution in [3.8, 4) is 11.1 Å². The van der Waals surface area contributed by atoms with E-state index in [1.807, 2.05) is 25.7 Å². The molecule has 0 radical (unpaired) electrons. The van der Waals surface area contributed by atoms with Crippen LogP contribution in [0.15, 0.2) is 60.7 Å². The molecule has 0 aromatic heterocycles. The Hall–Kier alpha value is -2.59. The molecule has 0 N–H and O–H groups in total. The summed E-state index contributed by atoms with van der Waals surface area (Å²) in [5.41, 5.74) is 3.34. The average molecular weight is 492 g/mol. The molecule has 3 rings (SSSR count). The fraction of sp³-hybridized carbons (Fsp3) is 0.531. The van der Waals surface area contributed by atoms with E-state index >= 15 is 0 Å². The molecule has 0 spiro atoms. The van der Waals surface area contributed by atoms with Crippen LogP contribution in [0.1, 0.15) is 84.1 Å². The molecule has 1 heterocycles. The molecule has 0 unspecified atom stereocenters. The number of carbonyl (C=O) groups is 1. The molecule has 1 aliphatic heterocycles. The van der Waals surface area contributed by atoms with Crippen molar-refractivity contribution in [1.82, 2.24) is 4.90 Å². The largest absolute Gasteiger partial charge is 0.444 e. The molecule has 2 aromatic carbocycles. The summed E-state index contributed by atoms with van der Waals surface area (Å²) < 4.78 is 11.4. The summed E-state index contributed by atoms with van der Waals surface area (Å²) >= 11 is 0. The van der Waals surface area contributed by atoms with Gasteiger partial charge in [0.25, 0.3) is 0 Å². The van der Waals surface area contributed by atoms with E-state index in [1.165, 1.54) is 48.8 Å². The van der Waals surface area contributed by atoms with Gasteiger partial charge in [-0.2, -0.15) is 0 Å². The van der Waals surface area contributed by atoms with Crippen LogP contribution in [0.5, 0.6) is 0 Å². The van der Waals surface area contributed by atoms with Gasteiger partial charge >= 0.3 is 6.09 Å². The molecule has 2 aromatic rings. The van der Waals surface area contributed by atoms with Gasteiger partial charge in [-0.1, -0.05) is 92.4 Å². The molecule has 0 bridgehead atoms. The summed E-state index contributed by atoms with van der Waals surface area (Å²) in [7, 11) is 0. The lowest BCUT2D eigenvalue weighted by Crippen LogP contribution is -2.41. The standard InChI is InChI=1S/C32H45NO3/c1-32(2,3)36-31(34)33-24-15-19-30(33)26-35-25-14-9-7-5-4-6-8-11-16-27-20-22-29(23-21-27)28-17-12-10-13-18-28/h10-13,16-18,20-23,30H,4-9,14-15,19,24-26H2,1-3H3/b16-11+/t30-/m0/s1. The van der Waals surface area contributed by atoms with Gasteiger partial charge in [0, 0.05) is 13.2 Å². The van der Waals surface area contributed by atoms with Crippen LogP contribution in [-0.4, -0.2) is 42.4 Å². The highest BCUT2D eigenvalue weighted by atomic mass is 16.6. The lowest BCUT2D eigenvalue weighted by atomic mass is 10.0. The lowest BCUT2D eigenvalue weighted by molar-refractivity contribution is 0.0103. The van der Waals surface area contributed by atoms with Crippen LogP contribution in [0.2, 0.25) is 0 Å². The number of hydrogen-bond donors (Lipinski definition) is 0. The SMILES string of the molecule is CC(C)(C)OC(=O)N1CCC[C@H]1COCCCCCCCC/C=C/c1ccc(-c2ccccc2)cc1. The Bertz CT molecular complexity index is 915. The van der Waals surface area contributed by atoms with Gasteiger partial charge < -0.3 is 14.4 Å². The predicted octanol–water partition coefficient (Wildman–Crippen LogP) is 8.51. The lowest BCUT2D eigenvalue weighted by Gasteiger charge is -2.28. The first kappa shape index (κ1) is 28.0. The van der Waals surface area contributed by atoms with Crippen LogP contribution < -0.4 is 0 Å². The number of hydrogen-bond acceptors (Lipinski definition) is 3. The Morgan fingerprint density at radius 1 is 0.917 bits per heavy atom. The van der Waals surface area contributed by atoms with Crippen molar-refractivity contribution >= 4 is 12.2 Å². The minimum absolute atomic E-state index is 0.162. The zero-order valence-electron chi connectivity index (χ0n) is 22.6. The first-order chi connectivity index (χ1) is 17.4. The van der Waals surface area contributed by atoms with Crippen LogP contribution >= 0.6 is 0 Å². The molecule has 0 saturated carbocycles. The van der Waals surface area contributed by atoms with Gasteiger partial charge in [0.1, 0.15) is 5.60 Å². The second-order valence-electron chi connectivity index (χ2n) is 10.8. The van der Waals surface area contributed by atoms with E-state index in [9.17, 15) is 4.79 Å². The Morgan fingerprint density at radius 3 is 2.31 bits per heavy atom. The molecule has 1 aliphatic rings. The van der Waals surface area contributed by atoms with E-state index in [0.29, 0.717) is 6.61 Å². The summed E-state index contributed by atoms with van der Waals surface area (Å²) in [6.45, 7) is 7.92. The van der Waals surface area contributed by atoms with Gasteiger partial charge in [-0.3, -0.25) is 0 Å². The molecular formula is C32H45NO3. The van der Waals surface area contributed by atoms with Crippen LogP contribution in [0.4, 0.5) is 4.79 Å². The zero-order valence-corrected chi connectivity index (χ0v) is 22.6. The minimum Gasteiger partial charge on any atom is -0.444 e. The van der Waals surface area contributed by atoms with Crippen molar-refractivity contribution in [2.45, 2.75) is 90.2 Å². The van der Waals surface area contributed by atoms with E-state index < -0.39 is 5.60 Å². The van der Waals surface area contributed by atoms with E-state index in [0.717, 1.165) is 38.8 Å². The highest BCUT2D eigenvalue weighted by Gasteiger charge is 2.32. The fourth-order valence-electron chi connectivity index (χ4n) is 4.60. The van der Waals surface area contributed by atoms with Crippen LogP contribution in [0.3, 0.4) is 0 Å². The predicted molar refractivity (Wildman–Crippen MR) is 150 cm³/mol. The molecular weight excluding hydrogens is 446 g/mol. The molecule has 1 amide bonds. The maximum absolute atomic E-state index is 12.4. The molecule has 0 aliphatic carbocycles. The number of nitrogens with zero attached hydrogens (tertiary/aromatic N) is 1. The van der Waals surface area contributed by atoms with Crippen LogP contribution in [-0.2, 0) is 9.47 Å². The molecule has 1 saturated heterocycles. The number of unbranched alkanes of at least 4 members (excludes halogenated alkanes) is 6. The maximum Gasteiger partial charge on any atom is 0.410 e. The molecule has 196 valence electrons. The molecule has 1 atom stereocenters. The summed E-state index contributed by atoms with van der Waals surface area (Å²) in [6, 6.07) is 19.5. The number of carbonyl (C=O) groups excluding carboxylic acids is 1. The first-order valence-electron chi connectivity index (χ1n) is 13.8. The highest BCUT2D eigenvalue weighted by molar-refractivity contribution is 5.69. The van der Waals surface area contributed by atoms with Gasteiger partial charge in [-0.05, 0) is 69.6 Å². The molecule has 36 heavy (non-hydrogen) atoms. The zero-order chi connectivity index (χ0) is 25.6. The topological polar surface area (TPSA) is 38.8 Å². The summed E-state index contributed by atoms with van der Waals surface area (Å²) in [5.74, 6) is 0. The fourth-order valence-corrected chi connectivity index (χ4v) is 4.60. The van der Waals surface area contributed by atoms with Crippen molar-refractivity contribution in [2.24, 2.45) is 0 Å². The van der Waals surface area contributed by atoms with E-state index in [2.05, 4.69) is 66.7 Å². The smallest absolute Gasteiger partial charge is 0.410 e. The number of allylic oxidation sites excluding steroid dienone is 1. The number of likely N-dealkylation sites (tertiary alicyclic amines) is 1. The third-order valence-electron chi connectivity index (χ3n) is 6.55. The van der Waals surface area contributed by atoms with Gasteiger partial charge in [0.15, 0.2) is 0 Å². The highest BCUT2D eigenvalue weighted by Crippen LogP contribution is 2.22. The summed E-state index contributed by atoms with van der Waals surface area (Å²) in [5, 5.41) is 0. The molecule has 1 fully saturated rings. The van der Waals surface area contributed by atoms with Crippen molar-refractivity contribution < 1.29 is 14.3 Å². The third kappa shape index (κ3) is 10.2.